The van der Waals surface area contributed by atoms with Gasteiger partial charge in [-0.1, -0.05) is 31.1 Å². The fourth-order valence-electron chi connectivity index (χ4n) is 2.36. The van der Waals surface area contributed by atoms with E-state index in [1.165, 1.54) is 12.1 Å². The smallest absolute Gasteiger partial charge is 0.406 e. The molecule has 0 unspecified atom stereocenters. The van der Waals surface area contributed by atoms with Crippen LogP contribution in [0.1, 0.15) is 43.7 Å². The minimum Gasteiger partial charge on any atom is -0.406 e. The number of ether oxygens (including phenoxy) is 1. The van der Waals surface area contributed by atoms with Crippen LogP contribution in [0.5, 0.6) is 5.75 Å². The van der Waals surface area contributed by atoms with E-state index in [-0.39, 0.29) is 5.75 Å². The fourth-order valence-corrected chi connectivity index (χ4v) is 2.36. The summed E-state index contributed by atoms with van der Waals surface area (Å²) in [6.07, 6.45) is -4.06. The molecule has 2 aromatic rings. The Kier molecular flexibility index (Phi) is 7.71. The molecule has 1 aromatic carbocycles. The molecule has 0 amide bonds. The second-order valence-electron chi connectivity index (χ2n) is 6.44. The molecular weight excluding hydrogens is 373 g/mol. The predicted octanol–water partition coefficient (Wildman–Crippen LogP) is 3.99. The molecule has 0 fully saturated rings. The Morgan fingerprint density at radius 1 is 1.21 bits per heavy atom. The summed E-state index contributed by atoms with van der Waals surface area (Å²) >= 11 is 0. The number of hydrogen-bond donors (Lipinski definition) is 2. The quantitative estimate of drug-likeness (QED) is 0.520. The van der Waals surface area contributed by atoms with Gasteiger partial charge in [0.2, 0.25) is 0 Å². The van der Waals surface area contributed by atoms with Crippen LogP contribution in [-0.2, 0) is 13.0 Å². The summed E-state index contributed by atoms with van der Waals surface area (Å²) in [5.74, 6) is 1.37. The molecule has 0 saturated carbocycles. The van der Waals surface area contributed by atoms with Gasteiger partial charge in [0.1, 0.15) is 12.3 Å². The van der Waals surface area contributed by atoms with E-state index < -0.39 is 6.36 Å². The van der Waals surface area contributed by atoms with Gasteiger partial charge < -0.3 is 19.9 Å². The van der Waals surface area contributed by atoms with Gasteiger partial charge in [0.25, 0.3) is 0 Å². The Morgan fingerprint density at radius 2 is 1.93 bits per heavy atom. The molecule has 0 aliphatic carbocycles. The van der Waals surface area contributed by atoms with Gasteiger partial charge in [0.15, 0.2) is 11.7 Å². The molecule has 0 spiro atoms. The first-order valence-corrected chi connectivity index (χ1v) is 9.09. The van der Waals surface area contributed by atoms with Gasteiger partial charge in [-0.25, -0.2) is 4.99 Å². The number of nitrogens with zero attached hydrogens (tertiary/aromatic N) is 2. The van der Waals surface area contributed by atoms with E-state index in [1.54, 1.807) is 12.1 Å². The SMILES string of the molecule is CCNC(=NCc1cc(C(C)C)no1)NCCc1ccc(OC(F)(F)F)cc1. The largest absolute Gasteiger partial charge is 0.573 e. The minimum atomic E-state index is -4.68. The maximum Gasteiger partial charge on any atom is 0.573 e. The monoisotopic (exact) mass is 398 g/mol. The van der Waals surface area contributed by atoms with E-state index >= 15 is 0 Å². The number of aromatic nitrogens is 1. The van der Waals surface area contributed by atoms with Crippen molar-refractivity contribution in [1.82, 2.24) is 15.8 Å². The predicted molar refractivity (Wildman–Crippen MR) is 100 cm³/mol. The highest BCUT2D eigenvalue weighted by Crippen LogP contribution is 2.22. The lowest BCUT2D eigenvalue weighted by molar-refractivity contribution is -0.274. The normalized spacial score (nSPS) is 12.3. The van der Waals surface area contributed by atoms with Gasteiger partial charge in [0.05, 0.1) is 5.69 Å². The summed E-state index contributed by atoms with van der Waals surface area (Å²) in [7, 11) is 0. The first kappa shape index (κ1) is 21.6. The Morgan fingerprint density at radius 3 is 2.50 bits per heavy atom. The molecule has 2 rings (SSSR count). The number of nitrogens with one attached hydrogen (secondary N) is 2. The van der Waals surface area contributed by atoms with Crippen molar-refractivity contribution in [2.75, 3.05) is 13.1 Å². The van der Waals surface area contributed by atoms with Crippen LogP contribution in [0.2, 0.25) is 0 Å². The molecule has 154 valence electrons. The summed E-state index contributed by atoms with van der Waals surface area (Å²) in [5, 5.41) is 10.3. The molecule has 0 atom stereocenters. The Labute approximate surface area is 162 Å². The van der Waals surface area contributed by atoms with Gasteiger partial charge in [-0.3, -0.25) is 0 Å². The third-order valence-electron chi connectivity index (χ3n) is 3.77. The van der Waals surface area contributed by atoms with Crippen LogP contribution in [0, 0.1) is 0 Å². The standard InChI is InChI=1S/C19H25F3N4O2/c1-4-23-18(25-12-16-11-17(13(2)3)26-28-16)24-10-9-14-5-7-15(8-6-14)27-19(20,21)22/h5-8,11,13H,4,9-10,12H2,1-3H3,(H2,23,24,25). The third kappa shape index (κ3) is 7.50. The van der Waals surface area contributed by atoms with Crippen molar-refractivity contribution < 1.29 is 22.4 Å². The zero-order valence-electron chi connectivity index (χ0n) is 16.1. The second-order valence-corrected chi connectivity index (χ2v) is 6.44. The molecule has 0 bridgehead atoms. The van der Waals surface area contributed by atoms with Crippen LogP contribution in [-0.4, -0.2) is 30.6 Å². The molecule has 1 aromatic heterocycles. The maximum absolute atomic E-state index is 12.2. The summed E-state index contributed by atoms with van der Waals surface area (Å²) in [6, 6.07) is 7.71. The van der Waals surface area contributed by atoms with Crippen molar-refractivity contribution in [3.63, 3.8) is 0 Å². The first-order valence-electron chi connectivity index (χ1n) is 9.09. The van der Waals surface area contributed by atoms with E-state index in [2.05, 4.69) is 25.5 Å². The fraction of sp³-hybridized carbons (Fsp3) is 0.474. The van der Waals surface area contributed by atoms with Gasteiger partial charge in [-0.2, -0.15) is 0 Å². The van der Waals surface area contributed by atoms with E-state index in [1.807, 2.05) is 26.8 Å². The van der Waals surface area contributed by atoms with Gasteiger partial charge in [0, 0.05) is 19.2 Å². The highest BCUT2D eigenvalue weighted by atomic mass is 19.4. The molecule has 28 heavy (non-hydrogen) atoms. The summed E-state index contributed by atoms with van der Waals surface area (Å²) < 4.78 is 45.7. The van der Waals surface area contributed by atoms with E-state index in [0.717, 1.165) is 11.3 Å². The van der Waals surface area contributed by atoms with Gasteiger partial charge in [-0.05, 0) is 37.0 Å². The van der Waals surface area contributed by atoms with Crippen molar-refractivity contribution in [3.05, 3.63) is 47.3 Å². The maximum atomic E-state index is 12.2. The van der Waals surface area contributed by atoms with E-state index in [0.29, 0.717) is 43.7 Å². The lowest BCUT2D eigenvalue weighted by Crippen LogP contribution is -2.38. The van der Waals surface area contributed by atoms with Crippen LogP contribution < -0.4 is 15.4 Å². The number of rotatable bonds is 8. The number of halogens is 3. The number of alkyl halides is 3. The highest BCUT2D eigenvalue weighted by Gasteiger charge is 2.30. The zero-order chi connectivity index (χ0) is 20.6. The molecule has 0 aliphatic heterocycles. The number of hydrogen-bond acceptors (Lipinski definition) is 4. The second kappa shape index (κ2) is 10.0. The molecule has 0 radical (unpaired) electrons. The lowest BCUT2D eigenvalue weighted by Gasteiger charge is -2.12. The number of aliphatic imine (C=N–C) groups is 1. The number of guanidine groups is 1. The third-order valence-corrected chi connectivity index (χ3v) is 3.77. The van der Waals surface area contributed by atoms with Crippen LogP contribution in [0.25, 0.3) is 0 Å². The highest BCUT2D eigenvalue weighted by molar-refractivity contribution is 5.79. The molecule has 1 heterocycles. The van der Waals surface area contributed by atoms with Crippen molar-refractivity contribution >= 4 is 5.96 Å². The zero-order valence-corrected chi connectivity index (χ0v) is 16.1. The van der Waals surface area contributed by atoms with Crippen molar-refractivity contribution in [2.24, 2.45) is 4.99 Å². The summed E-state index contributed by atoms with van der Waals surface area (Å²) in [4.78, 5) is 4.46. The summed E-state index contributed by atoms with van der Waals surface area (Å²) in [6.45, 7) is 7.67. The van der Waals surface area contributed by atoms with Gasteiger partial charge >= 0.3 is 6.36 Å². The van der Waals surface area contributed by atoms with E-state index in [4.69, 9.17) is 4.52 Å². The van der Waals surface area contributed by atoms with Crippen LogP contribution in [0.3, 0.4) is 0 Å². The van der Waals surface area contributed by atoms with Crippen molar-refractivity contribution in [2.45, 2.75) is 46.0 Å². The van der Waals surface area contributed by atoms with Crippen LogP contribution >= 0.6 is 0 Å². The minimum absolute atomic E-state index is 0.230. The van der Waals surface area contributed by atoms with Crippen molar-refractivity contribution in [1.29, 1.82) is 0 Å². The topological polar surface area (TPSA) is 71.7 Å². The Bertz CT molecular complexity index is 755. The molecule has 9 heteroatoms. The van der Waals surface area contributed by atoms with Gasteiger partial charge in [-0.15, -0.1) is 13.2 Å². The average molecular weight is 398 g/mol. The molecule has 0 aliphatic rings. The molecule has 6 nitrogen and oxygen atoms in total. The van der Waals surface area contributed by atoms with Crippen LogP contribution in [0.15, 0.2) is 39.8 Å². The lowest BCUT2D eigenvalue weighted by atomic mass is 10.1. The Balaban J connectivity index is 1.85. The molecule has 2 N–H and O–H groups in total. The van der Waals surface area contributed by atoms with Crippen LogP contribution in [0.4, 0.5) is 13.2 Å². The number of benzene rings is 1. The van der Waals surface area contributed by atoms with Crippen molar-refractivity contribution in [3.8, 4) is 5.75 Å². The Hall–Kier alpha value is -2.71. The summed E-state index contributed by atoms with van der Waals surface area (Å²) in [5.41, 5.74) is 1.77. The average Bonchev–Trinajstić information content (AvgIpc) is 3.09. The molecule has 0 saturated heterocycles. The first-order chi connectivity index (χ1) is 13.3. The molecular formula is C19H25F3N4O2. The van der Waals surface area contributed by atoms with E-state index in [9.17, 15) is 13.2 Å².